The number of aromatic nitrogens is 1. The van der Waals surface area contributed by atoms with Gasteiger partial charge in [-0.25, -0.2) is 13.8 Å². The molecule has 10 heteroatoms. The molecule has 7 nitrogen and oxygen atoms in total. The number of pyridine rings is 1. The van der Waals surface area contributed by atoms with E-state index < -0.39 is 19.0 Å². The Labute approximate surface area is 166 Å². The van der Waals surface area contributed by atoms with Gasteiger partial charge in [0.1, 0.15) is 30.2 Å². The summed E-state index contributed by atoms with van der Waals surface area (Å²) in [6.07, 6.45) is 3.88. The summed E-state index contributed by atoms with van der Waals surface area (Å²) in [6, 6.07) is 2.45. The summed E-state index contributed by atoms with van der Waals surface area (Å²) >= 11 is 0. The average Bonchev–Trinajstić information content (AvgIpc) is 2.72. The van der Waals surface area contributed by atoms with Gasteiger partial charge in [0.2, 0.25) is 5.95 Å². The molecule has 0 aliphatic carbocycles. The molecule has 0 spiro atoms. The van der Waals surface area contributed by atoms with Crippen LogP contribution < -0.4 is 25.6 Å². The molecule has 1 fully saturated rings. The highest BCUT2D eigenvalue weighted by molar-refractivity contribution is 5.89. The minimum absolute atomic E-state index is 0.0233. The van der Waals surface area contributed by atoms with Crippen LogP contribution in [0.1, 0.15) is 13.3 Å². The van der Waals surface area contributed by atoms with Gasteiger partial charge in [-0.1, -0.05) is 6.08 Å². The average molecular weight is 408 g/mol. The fourth-order valence-corrected chi connectivity index (χ4v) is 3.76. The highest BCUT2D eigenvalue weighted by atomic mass is 19.3. The highest BCUT2D eigenvalue weighted by Crippen LogP contribution is 2.32. The lowest BCUT2D eigenvalue weighted by atomic mass is 9.91. The summed E-state index contributed by atoms with van der Waals surface area (Å²) in [4.78, 5) is 10.7. The van der Waals surface area contributed by atoms with Crippen molar-refractivity contribution in [3.05, 3.63) is 42.1 Å². The number of piperidine rings is 1. The van der Waals surface area contributed by atoms with E-state index in [1.54, 1.807) is 0 Å². The maximum Gasteiger partial charge on any atom is 0.272 e. The van der Waals surface area contributed by atoms with Gasteiger partial charge in [-0.15, -0.1) is 0 Å². The minimum Gasteiger partial charge on any atom is -0.487 e. The summed E-state index contributed by atoms with van der Waals surface area (Å²) in [5, 5.41) is 9.78. The zero-order valence-electron chi connectivity index (χ0n) is 15.9. The zero-order chi connectivity index (χ0) is 20.4. The number of rotatable bonds is 5. The Morgan fingerprint density at radius 2 is 2.21 bits per heavy atom. The van der Waals surface area contributed by atoms with E-state index in [4.69, 9.17) is 9.73 Å². The van der Waals surface area contributed by atoms with Gasteiger partial charge in [-0.05, 0) is 25.1 Å². The van der Waals surface area contributed by atoms with E-state index in [1.165, 1.54) is 6.07 Å². The Hall–Kier alpha value is -2.75. The predicted octanol–water partition coefficient (Wildman–Crippen LogP) is 1.75. The maximum atomic E-state index is 14.0. The smallest absolute Gasteiger partial charge is 0.272 e. The van der Waals surface area contributed by atoms with Crippen molar-refractivity contribution in [1.82, 2.24) is 20.9 Å². The molecule has 0 amide bonds. The molecular formula is C19H23F3N6O. The Bertz CT molecular complexity index is 843. The zero-order valence-corrected chi connectivity index (χ0v) is 15.9. The lowest BCUT2D eigenvalue weighted by Gasteiger charge is -2.41. The predicted molar refractivity (Wildman–Crippen MR) is 104 cm³/mol. The lowest BCUT2D eigenvalue weighted by Crippen LogP contribution is -2.55. The van der Waals surface area contributed by atoms with Crippen LogP contribution in [0.5, 0.6) is 5.75 Å². The first-order valence-electron chi connectivity index (χ1n) is 9.55. The third-order valence-corrected chi connectivity index (χ3v) is 5.18. The van der Waals surface area contributed by atoms with Crippen LogP contribution in [0, 0.1) is 5.95 Å². The topological polar surface area (TPSA) is 73.8 Å². The van der Waals surface area contributed by atoms with E-state index in [2.05, 4.69) is 20.9 Å². The number of nitrogens with one attached hydrogen (secondary N) is 3. The van der Waals surface area contributed by atoms with Crippen molar-refractivity contribution in [3.8, 4) is 5.75 Å². The molecule has 3 aliphatic heterocycles. The van der Waals surface area contributed by atoms with E-state index >= 15 is 0 Å². The summed E-state index contributed by atoms with van der Waals surface area (Å²) in [5.74, 6) is 0.465. The van der Waals surface area contributed by atoms with Crippen LogP contribution in [0.2, 0.25) is 0 Å². The van der Waals surface area contributed by atoms with Crippen LogP contribution in [0.25, 0.3) is 0 Å². The van der Waals surface area contributed by atoms with Gasteiger partial charge in [0.25, 0.3) is 6.43 Å². The molecule has 4 heterocycles. The lowest BCUT2D eigenvalue weighted by molar-refractivity contribution is 0.0816. The molecule has 3 N–H and O–H groups in total. The fraction of sp³-hybridized carbons (Fsp3) is 0.474. The van der Waals surface area contributed by atoms with Crippen LogP contribution >= 0.6 is 0 Å². The number of ether oxygens (including phenoxy) is 1. The number of hydrogen-bond donors (Lipinski definition) is 3. The fourth-order valence-electron chi connectivity index (χ4n) is 3.76. The van der Waals surface area contributed by atoms with Crippen LogP contribution in [-0.4, -0.2) is 55.2 Å². The summed E-state index contributed by atoms with van der Waals surface area (Å²) in [6.45, 7) is 2.58. The maximum absolute atomic E-state index is 14.0. The van der Waals surface area contributed by atoms with Crippen molar-refractivity contribution in [1.29, 1.82) is 0 Å². The largest absolute Gasteiger partial charge is 0.487 e. The van der Waals surface area contributed by atoms with E-state index in [0.717, 1.165) is 30.4 Å². The van der Waals surface area contributed by atoms with Crippen LogP contribution in [-0.2, 0) is 0 Å². The molecule has 3 unspecified atom stereocenters. The summed E-state index contributed by atoms with van der Waals surface area (Å²) < 4.78 is 43.7. The number of alkyl halides is 2. The first kappa shape index (κ1) is 19.6. The molecule has 4 rings (SSSR count). The standard InChI is InChI=1S/C19H23F3N6O/c1-11-13-9-25-19(18-23-4-2-5-24-18)26-14(13)3-6-28(11)17-8-12(7-16(22)27-17)29-10-15(20)21/h2,4,7-9,11,14-15,18,23-24H,3,5-6,10H2,1H3,(H,25,26). The van der Waals surface area contributed by atoms with E-state index in [9.17, 15) is 13.2 Å². The van der Waals surface area contributed by atoms with Crippen molar-refractivity contribution in [2.24, 2.45) is 4.99 Å². The third-order valence-electron chi connectivity index (χ3n) is 5.18. The second-order valence-electron chi connectivity index (χ2n) is 7.07. The van der Waals surface area contributed by atoms with Crippen LogP contribution in [0.15, 0.2) is 41.2 Å². The molecule has 29 heavy (non-hydrogen) atoms. The number of anilines is 1. The van der Waals surface area contributed by atoms with Gasteiger partial charge < -0.3 is 20.3 Å². The van der Waals surface area contributed by atoms with Crippen molar-refractivity contribution in [2.75, 3.05) is 24.6 Å². The molecule has 156 valence electrons. The van der Waals surface area contributed by atoms with Gasteiger partial charge in [-0.3, -0.25) is 10.3 Å². The van der Waals surface area contributed by atoms with Crippen molar-refractivity contribution in [2.45, 2.75) is 38.0 Å². The number of halogens is 3. The molecule has 1 aromatic rings. The SMILES string of the molecule is CC1C2=CNC(C3NC=CCN3)=NC2CCN1c1cc(OCC(F)F)cc(F)n1. The van der Waals surface area contributed by atoms with Crippen LogP contribution in [0.3, 0.4) is 0 Å². The second-order valence-corrected chi connectivity index (χ2v) is 7.07. The molecule has 0 aromatic carbocycles. The minimum atomic E-state index is -2.63. The van der Waals surface area contributed by atoms with Gasteiger partial charge in [0.15, 0.2) is 0 Å². The second kappa shape index (κ2) is 8.32. The number of fused-ring (bicyclic) bond motifs is 1. The first-order valence-corrected chi connectivity index (χ1v) is 9.55. The van der Waals surface area contributed by atoms with Crippen LogP contribution in [0.4, 0.5) is 19.0 Å². The number of aliphatic imine (C=N–C) groups is 1. The molecule has 0 bridgehead atoms. The molecule has 3 atom stereocenters. The van der Waals surface area contributed by atoms with Crippen molar-refractivity contribution in [3.63, 3.8) is 0 Å². The summed E-state index contributed by atoms with van der Waals surface area (Å²) in [7, 11) is 0. The van der Waals surface area contributed by atoms with Gasteiger partial charge >= 0.3 is 0 Å². The van der Waals surface area contributed by atoms with Crippen molar-refractivity contribution >= 4 is 11.7 Å². The molecule has 1 aromatic heterocycles. The third kappa shape index (κ3) is 4.31. The Balaban J connectivity index is 1.49. The normalized spacial score (nSPS) is 26.2. The highest BCUT2D eigenvalue weighted by Gasteiger charge is 2.34. The van der Waals surface area contributed by atoms with Gasteiger partial charge in [0, 0.05) is 31.4 Å². The van der Waals surface area contributed by atoms with Gasteiger partial charge in [0.05, 0.1) is 12.1 Å². The molecule has 3 aliphatic rings. The van der Waals surface area contributed by atoms with Crippen molar-refractivity contribution < 1.29 is 17.9 Å². The van der Waals surface area contributed by atoms with E-state index in [-0.39, 0.29) is 24.0 Å². The number of amidine groups is 1. The molecule has 0 saturated carbocycles. The Kier molecular flexibility index (Phi) is 5.61. The summed E-state index contributed by atoms with van der Waals surface area (Å²) in [5.41, 5.74) is 1.06. The molecular weight excluding hydrogens is 385 g/mol. The monoisotopic (exact) mass is 408 g/mol. The Morgan fingerprint density at radius 1 is 1.34 bits per heavy atom. The van der Waals surface area contributed by atoms with E-state index in [1.807, 2.05) is 30.3 Å². The van der Waals surface area contributed by atoms with Gasteiger partial charge in [-0.2, -0.15) is 4.39 Å². The van der Waals surface area contributed by atoms with E-state index in [0.29, 0.717) is 12.4 Å². The quantitative estimate of drug-likeness (QED) is 0.645. The molecule has 1 saturated heterocycles. The Morgan fingerprint density at radius 3 is 2.97 bits per heavy atom. The number of hydrogen-bond acceptors (Lipinski definition) is 7. The first-order chi connectivity index (χ1) is 14.0. The molecule has 0 radical (unpaired) electrons. The number of nitrogens with zero attached hydrogens (tertiary/aromatic N) is 3.